The van der Waals surface area contributed by atoms with Crippen LogP contribution in [0.2, 0.25) is 0 Å². The van der Waals surface area contributed by atoms with Gasteiger partial charge in [0.05, 0.1) is 6.61 Å². The van der Waals surface area contributed by atoms with E-state index in [1.54, 1.807) is 0 Å². The zero-order valence-electron chi connectivity index (χ0n) is 12.5. The lowest BCUT2D eigenvalue weighted by Crippen LogP contribution is -2.53. The van der Waals surface area contributed by atoms with Gasteiger partial charge in [-0.1, -0.05) is 0 Å². The van der Waals surface area contributed by atoms with Crippen LogP contribution in [0.1, 0.15) is 47.0 Å². The maximum atomic E-state index is 12.0. The van der Waals surface area contributed by atoms with Crippen molar-refractivity contribution in [3.8, 4) is 0 Å². The molecule has 1 aliphatic heterocycles. The summed E-state index contributed by atoms with van der Waals surface area (Å²) in [6, 6.07) is 1.02. The van der Waals surface area contributed by atoms with E-state index in [2.05, 4.69) is 24.1 Å². The summed E-state index contributed by atoms with van der Waals surface area (Å²) in [5.41, 5.74) is -0.586. The highest BCUT2D eigenvalue weighted by Gasteiger charge is 2.37. The zero-order valence-corrected chi connectivity index (χ0v) is 12.5. The molecule has 0 aromatic carbocycles. The van der Waals surface area contributed by atoms with Crippen molar-refractivity contribution in [3.05, 3.63) is 0 Å². The normalized spacial score (nSPS) is 25.7. The molecule has 1 N–H and O–H groups in total. The van der Waals surface area contributed by atoms with Gasteiger partial charge in [0.25, 0.3) is 0 Å². The number of carbonyl (C=O) groups is 1. The summed E-state index contributed by atoms with van der Waals surface area (Å²) < 4.78 is 5.17. The molecule has 1 heterocycles. The highest BCUT2D eigenvalue weighted by molar-refractivity contribution is 5.80. The lowest BCUT2D eigenvalue weighted by Gasteiger charge is -2.35. The van der Waals surface area contributed by atoms with Crippen molar-refractivity contribution in [2.75, 3.05) is 20.2 Å². The van der Waals surface area contributed by atoms with Gasteiger partial charge in [0.2, 0.25) is 0 Å². The van der Waals surface area contributed by atoms with Crippen molar-refractivity contribution in [3.63, 3.8) is 0 Å². The third-order valence-corrected chi connectivity index (χ3v) is 4.15. The van der Waals surface area contributed by atoms with Crippen LogP contribution in [0.4, 0.5) is 0 Å². The summed E-state index contributed by atoms with van der Waals surface area (Å²) >= 11 is 0. The van der Waals surface area contributed by atoms with E-state index in [1.165, 1.54) is 12.8 Å². The monoisotopic (exact) mass is 256 g/mol. The van der Waals surface area contributed by atoms with E-state index in [4.69, 9.17) is 4.74 Å². The minimum atomic E-state index is -0.586. The number of carbonyl (C=O) groups excluding carboxylic acids is 1. The van der Waals surface area contributed by atoms with Crippen molar-refractivity contribution >= 4 is 5.97 Å². The molecule has 4 heteroatoms. The summed E-state index contributed by atoms with van der Waals surface area (Å²) in [6.45, 7) is 9.83. The number of esters is 1. The summed E-state index contributed by atoms with van der Waals surface area (Å²) in [4.78, 5) is 14.5. The first-order valence-corrected chi connectivity index (χ1v) is 7.06. The number of ether oxygens (including phenoxy) is 1. The van der Waals surface area contributed by atoms with Crippen LogP contribution in [0.3, 0.4) is 0 Å². The standard InChI is InChI=1S/C14H28N2O2/c1-6-18-13(17)14(4,15-5)10-12(3)16-9-7-8-11(16)2/h11-12,15H,6-10H2,1-5H3. The summed E-state index contributed by atoms with van der Waals surface area (Å²) in [5.74, 6) is -0.147. The SMILES string of the molecule is CCOC(=O)C(C)(CC(C)N1CCCC1C)NC. The Bertz CT molecular complexity index is 283. The molecule has 0 aromatic rings. The Morgan fingerprint density at radius 3 is 2.72 bits per heavy atom. The van der Waals surface area contributed by atoms with E-state index in [9.17, 15) is 4.79 Å². The number of nitrogens with one attached hydrogen (secondary N) is 1. The van der Waals surface area contributed by atoms with Crippen LogP contribution in [0.5, 0.6) is 0 Å². The molecule has 1 aliphatic rings. The highest BCUT2D eigenvalue weighted by Crippen LogP contribution is 2.25. The van der Waals surface area contributed by atoms with Crippen LogP contribution in [0.15, 0.2) is 0 Å². The largest absolute Gasteiger partial charge is 0.465 e. The maximum Gasteiger partial charge on any atom is 0.326 e. The van der Waals surface area contributed by atoms with Gasteiger partial charge in [-0.15, -0.1) is 0 Å². The number of hydrogen-bond donors (Lipinski definition) is 1. The molecule has 3 atom stereocenters. The molecular weight excluding hydrogens is 228 g/mol. The number of likely N-dealkylation sites (N-methyl/N-ethyl adjacent to an activating group) is 1. The first-order chi connectivity index (χ1) is 8.44. The van der Waals surface area contributed by atoms with Crippen molar-refractivity contribution in [1.82, 2.24) is 10.2 Å². The molecule has 0 bridgehead atoms. The van der Waals surface area contributed by atoms with Crippen LogP contribution < -0.4 is 5.32 Å². The highest BCUT2D eigenvalue weighted by atomic mass is 16.5. The number of rotatable bonds is 6. The Balaban J connectivity index is 2.63. The molecule has 0 spiro atoms. The van der Waals surface area contributed by atoms with E-state index in [0.717, 1.165) is 13.0 Å². The fourth-order valence-electron chi connectivity index (χ4n) is 2.90. The Hall–Kier alpha value is -0.610. The third kappa shape index (κ3) is 3.45. The summed E-state index contributed by atoms with van der Waals surface area (Å²) in [6.07, 6.45) is 3.31. The number of likely N-dealkylation sites (tertiary alicyclic amines) is 1. The molecule has 18 heavy (non-hydrogen) atoms. The lowest BCUT2D eigenvalue weighted by molar-refractivity contribution is -0.151. The van der Waals surface area contributed by atoms with Gasteiger partial charge in [0.1, 0.15) is 5.54 Å². The molecule has 106 valence electrons. The molecule has 1 saturated heterocycles. The number of hydrogen-bond acceptors (Lipinski definition) is 4. The average molecular weight is 256 g/mol. The third-order valence-electron chi connectivity index (χ3n) is 4.15. The Morgan fingerprint density at radius 1 is 1.61 bits per heavy atom. The van der Waals surface area contributed by atoms with E-state index in [-0.39, 0.29) is 5.97 Å². The molecule has 0 aromatic heterocycles. The second-order valence-electron chi connectivity index (χ2n) is 5.58. The van der Waals surface area contributed by atoms with E-state index in [0.29, 0.717) is 18.7 Å². The summed E-state index contributed by atoms with van der Waals surface area (Å²) in [7, 11) is 1.83. The summed E-state index contributed by atoms with van der Waals surface area (Å²) in [5, 5.41) is 3.13. The molecule has 1 fully saturated rings. The zero-order chi connectivity index (χ0) is 13.8. The molecule has 3 unspecified atom stereocenters. The molecular formula is C14H28N2O2. The van der Waals surface area contributed by atoms with Crippen molar-refractivity contribution < 1.29 is 9.53 Å². The van der Waals surface area contributed by atoms with Gasteiger partial charge >= 0.3 is 5.97 Å². The first-order valence-electron chi connectivity index (χ1n) is 7.06. The lowest BCUT2D eigenvalue weighted by atomic mass is 9.93. The Kier molecular flexibility index (Phi) is 5.60. The van der Waals surface area contributed by atoms with E-state index < -0.39 is 5.54 Å². The minimum absolute atomic E-state index is 0.147. The topological polar surface area (TPSA) is 41.6 Å². The van der Waals surface area contributed by atoms with Crippen molar-refractivity contribution in [2.45, 2.75) is 64.6 Å². The van der Waals surface area contributed by atoms with Gasteiger partial charge in [-0.25, -0.2) is 0 Å². The van der Waals surface area contributed by atoms with Gasteiger partial charge < -0.3 is 10.1 Å². The Labute approximate surface area is 111 Å². The molecule has 0 aliphatic carbocycles. The van der Waals surface area contributed by atoms with Crippen LogP contribution in [-0.2, 0) is 9.53 Å². The smallest absolute Gasteiger partial charge is 0.326 e. The van der Waals surface area contributed by atoms with Gasteiger partial charge in [0.15, 0.2) is 0 Å². The predicted molar refractivity (Wildman–Crippen MR) is 73.6 cm³/mol. The Morgan fingerprint density at radius 2 is 2.28 bits per heavy atom. The van der Waals surface area contributed by atoms with Crippen LogP contribution >= 0.6 is 0 Å². The average Bonchev–Trinajstić information content (AvgIpc) is 2.75. The quantitative estimate of drug-likeness (QED) is 0.736. The van der Waals surface area contributed by atoms with Crippen LogP contribution in [0, 0.1) is 0 Å². The maximum absolute atomic E-state index is 12.0. The minimum Gasteiger partial charge on any atom is -0.465 e. The molecule has 0 radical (unpaired) electrons. The molecule has 4 nitrogen and oxygen atoms in total. The van der Waals surface area contributed by atoms with Crippen LogP contribution in [0.25, 0.3) is 0 Å². The molecule has 1 rings (SSSR count). The van der Waals surface area contributed by atoms with E-state index in [1.807, 2.05) is 20.9 Å². The van der Waals surface area contributed by atoms with Gasteiger partial charge in [0, 0.05) is 12.1 Å². The van der Waals surface area contributed by atoms with E-state index >= 15 is 0 Å². The fourth-order valence-corrected chi connectivity index (χ4v) is 2.90. The van der Waals surface area contributed by atoms with Gasteiger partial charge in [-0.3, -0.25) is 9.69 Å². The number of nitrogens with zero attached hydrogens (tertiary/aromatic N) is 1. The van der Waals surface area contributed by atoms with Crippen molar-refractivity contribution in [2.24, 2.45) is 0 Å². The molecule has 0 amide bonds. The van der Waals surface area contributed by atoms with Gasteiger partial charge in [-0.05, 0) is 60.5 Å². The second kappa shape index (κ2) is 6.53. The fraction of sp³-hybridized carbons (Fsp3) is 0.929. The van der Waals surface area contributed by atoms with Gasteiger partial charge in [-0.2, -0.15) is 0 Å². The second-order valence-corrected chi connectivity index (χ2v) is 5.58. The molecule has 0 saturated carbocycles. The predicted octanol–water partition coefficient (Wildman–Crippen LogP) is 1.79. The first kappa shape index (κ1) is 15.4. The van der Waals surface area contributed by atoms with Crippen molar-refractivity contribution in [1.29, 1.82) is 0 Å². The van der Waals surface area contributed by atoms with Crippen LogP contribution in [-0.4, -0.2) is 48.7 Å².